The fourth-order valence-electron chi connectivity index (χ4n) is 3.43. The lowest BCUT2D eigenvalue weighted by atomic mass is 10.1. The molecule has 5 rings (SSSR count). The first-order valence-electron chi connectivity index (χ1n) is 8.75. The minimum atomic E-state index is 0. The monoisotopic (exact) mass is 451 g/mol. The largest absolute Gasteiger partial charge is 0.471 e. The van der Waals surface area contributed by atoms with Crippen molar-refractivity contribution in [1.29, 1.82) is 0 Å². The number of halogens is 2. The third-order valence-electron chi connectivity index (χ3n) is 4.91. The summed E-state index contributed by atoms with van der Waals surface area (Å²) in [5.74, 6) is 1.49. The fourth-order valence-corrected chi connectivity index (χ4v) is 4.58. The molecule has 1 aliphatic heterocycles. The van der Waals surface area contributed by atoms with Gasteiger partial charge >= 0.3 is 0 Å². The number of rotatable bonds is 3. The lowest BCUT2D eigenvalue weighted by Crippen LogP contribution is -2.25. The van der Waals surface area contributed by atoms with Crippen LogP contribution in [-0.2, 0) is 0 Å². The van der Waals surface area contributed by atoms with Crippen LogP contribution in [0.4, 0.5) is 5.82 Å². The molecule has 1 atom stereocenters. The quantitative estimate of drug-likeness (QED) is 0.466. The molecule has 0 spiro atoms. The van der Waals surface area contributed by atoms with Crippen molar-refractivity contribution in [2.75, 3.05) is 18.0 Å². The first kappa shape index (κ1) is 21.4. The third kappa shape index (κ3) is 3.77. The van der Waals surface area contributed by atoms with Gasteiger partial charge in [-0.15, -0.1) is 41.2 Å². The van der Waals surface area contributed by atoms with Gasteiger partial charge in [-0.3, -0.25) is 4.98 Å². The van der Waals surface area contributed by atoms with E-state index in [-0.39, 0.29) is 30.9 Å². The normalized spacial score (nSPS) is 15.9. The van der Waals surface area contributed by atoms with E-state index >= 15 is 0 Å². The van der Waals surface area contributed by atoms with E-state index in [9.17, 15) is 0 Å². The maximum absolute atomic E-state index is 5.96. The summed E-state index contributed by atoms with van der Waals surface area (Å²) < 4.78 is 7.01. The van der Waals surface area contributed by atoms with Crippen LogP contribution in [0.1, 0.15) is 17.7 Å². The van der Waals surface area contributed by atoms with Crippen LogP contribution in [0.3, 0.4) is 0 Å². The van der Waals surface area contributed by atoms with Gasteiger partial charge < -0.3 is 9.64 Å². The van der Waals surface area contributed by atoms with Crippen LogP contribution in [0.15, 0.2) is 24.9 Å². The number of aryl methyl sites for hydroxylation is 2. The van der Waals surface area contributed by atoms with Gasteiger partial charge in [0.1, 0.15) is 23.1 Å². The molecule has 0 bridgehead atoms. The summed E-state index contributed by atoms with van der Waals surface area (Å²) in [6.45, 7) is 5.67. The highest BCUT2D eigenvalue weighted by Gasteiger charge is 2.28. The second-order valence-electron chi connectivity index (χ2n) is 6.59. The lowest BCUT2D eigenvalue weighted by Gasteiger charge is -2.18. The zero-order valence-corrected chi connectivity index (χ0v) is 18.2. The van der Waals surface area contributed by atoms with Crippen LogP contribution in [0.5, 0.6) is 5.88 Å². The standard InChI is InChI=1S/C18H17N7OS.2ClH/c1-10-11(2)23-24-18-14(10)15-16(27-18)17(22-9-21-15)25-6-3-12(8-25)26-13-7-19-4-5-20-13;;/h4-5,7,9,12H,3,6,8H2,1-2H3;2*1H/t12-;;/m0../s1. The van der Waals surface area contributed by atoms with Gasteiger partial charge in [0.25, 0.3) is 0 Å². The van der Waals surface area contributed by atoms with Crippen molar-refractivity contribution < 1.29 is 4.74 Å². The third-order valence-corrected chi connectivity index (χ3v) is 5.97. The molecule has 152 valence electrons. The van der Waals surface area contributed by atoms with Gasteiger partial charge in [0.05, 0.1) is 28.7 Å². The zero-order chi connectivity index (χ0) is 18.4. The van der Waals surface area contributed by atoms with Crippen LogP contribution >= 0.6 is 36.2 Å². The molecular formula is C18H19Cl2N7OS. The number of hydrogen-bond acceptors (Lipinski definition) is 9. The highest BCUT2D eigenvalue weighted by molar-refractivity contribution is 7.26. The first-order valence-corrected chi connectivity index (χ1v) is 9.57. The molecule has 0 saturated carbocycles. The Balaban J connectivity index is 0.00000120. The number of aromatic nitrogens is 6. The van der Waals surface area contributed by atoms with Gasteiger partial charge in [0, 0.05) is 30.7 Å². The Kier molecular flexibility index (Phi) is 6.30. The molecule has 4 aromatic rings. The highest BCUT2D eigenvalue weighted by Crippen LogP contribution is 2.38. The van der Waals surface area contributed by atoms with E-state index in [4.69, 9.17) is 4.74 Å². The summed E-state index contributed by atoms with van der Waals surface area (Å²) in [7, 11) is 0. The summed E-state index contributed by atoms with van der Waals surface area (Å²) in [5.41, 5.74) is 3.01. The number of ether oxygens (including phenoxy) is 1. The van der Waals surface area contributed by atoms with Gasteiger partial charge in [-0.25, -0.2) is 15.0 Å². The molecule has 11 heteroatoms. The molecule has 0 N–H and O–H groups in total. The summed E-state index contributed by atoms with van der Waals surface area (Å²) >= 11 is 1.60. The van der Waals surface area contributed by atoms with E-state index in [0.29, 0.717) is 5.88 Å². The second-order valence-corrected chi connectivity index (χ2v) is 7.58. The Labute approximate surface area is 183 Å². The molecule has 4 aromatic heterocycles. The second kappa shape index (κ2) is 8.56. The van der Waals surface area contributed by atoms with E-state index in [0.717, 1.165) is 57.0 Å². The van der Waals surface area contributed by atoms with Gasteiger partial charge in [0.15, 0.2) is 0 Å². The summed E-state index contributed by atoms with van der Waals surface area (Å²) in [6, 6.07) is 0. The van der Waals surface area contributed by atoms with Gasteiger partial charge in [0.2, 0.25) is 5.88 Å². The van der Waals surface area contributed by atoms with Crippen molar-refractivity contribution in [3.05, 3.63) is 36.2 Å². The Hall–Kier alpha value is -2.36. The molecule has 8 nitrogen and oxygen atoms in total. The molecule has 1 aliphatic rings. The van der Waals surface area contributed by atoms with E-state index in [1.165, 1.54) is 0 Å². The Morgan fingerprint density at radius 1 is 1.10 bits per heavy atom. The van der Waals surface area contributed by atoms with Crippen LogP contribution in [0.2, 0.25) is 0 Å². The topological polar surface area (TPSA) is 89.8 Å². The average molecular weight is 452 g/mol. The summed E-state index contributed by atoms with van der Waals surface area (Å²) in [5, 5.41) is 9.69. The Morgan fingerprint density at radius 2 is 1.97 bits per heavy atom. The fraction of sp³-hybridized carbons (Fsp3) is 0.333. The average Bonchev–Trinajstić information content (AvgIpc) is 3.30. The lowest BCUT2D eigenvalue weighted by molar-refractivity contribution is 0.215. The molecule has 29 heavy (non-hydrogen) atoms. The Morgan fingerprint density at radius 3 is 2.76 bits per heavy atom. The van der Waals surface area contributed by atoms with Crippen molar-refractivity contribution in [3.63, 3.8) is 0 Å². The number of thiophene rings is 1. The smallest absolute Gasteiger partial charge is 0.232 e. The number of nitrogens with zero attached hydrogens (tertiary/aromatic N) is 7. The van der Waals surface area contributed by atoms with Crippen LogP contribution in [-0.4, -0.2) is 49.3 Å². The summed E-state index contributed by atoms with van der Waals surface area (Å²) in [6.07, 6.45) is 7.52. The maximum atomic E-state index is 5.96. The van der Waals surface area contributed by atoms with E-state index in [1.54, 1.807) is 36.3 Å². The molecule has 5 heterocycles. The Bertz CT molecular complexity index is 1140. The molecule has 0 aliphatic carbocycles. The SMILES string of the molecule is Cc1nnc2sc3c(N4CC[C@H](Oc5cnccn5)C4)ncnc3c2c1C.Cl.Cl. The molecule has 1 saturated heterocycles. The van der Waals surface area contributed by atoms with E-state index in [2.05, 4.69) is 42.0 Å². The first-order chi connectivity index (χ1) is 13.2. The minimum absolute atomic E-state index is 0. The minimum Gasteiger partial charge on any atom is -0.471 e. The van der Waals surface area contributed by atoms with Crippen LogP contribution < -0.4 is 9.64 Å². The van der Waals surface area contributed by atoms with Gasteiger partial charge in [-0.2, -0.15) is 5.10 Å². The van der Waals surface area contributed by atoms with Gasteiger partial charge in [-0.05, 0) is 19.4 Å². The van der Waals surface area contributed by atoms with Crippen molar-refractivity contribution in [3.8, 4) is 5.88 Å². The number of fused-ring (bicyclic) bond motifs is 3. The van der Waals surface area contributed by atoms with Crippen molar-refractivity contribution in [2.24, 2.45) is 0 Å². The van der Waals surface area contributed by atoms with Crippen LogP contribution in [0.25, 0.3) is 20.4 Å². The molecule has 0 radical (unpaired) electrons. The molecule has 0 aromatic carbocycles. The van der Waals surface area contributed by atoms with E-state index in [1.807, 2.05) is 6.92 Å². The summed E-state index contributed by atoms with van der Waals surface area (Å²) in [4.78, 5) is 20.5. The molecule has 1 fully saturated rings. The molecule has 0 amide bonds. The maximum Gasteiger partial charge on any atom is 0.232 e. The molecule has 0 unspecified atom stereocenters. The zero-order valence-electron chi connectivity index (χ0n) is 15.8. The molecular weight excluding hydrogens is 433 g/mol. The van der Waals surface area contributed by atoms with E-state index < -0.39 is 0 Å². The van der Waals surface area contributed by atoms with Crippen LogP contribution in [0, 0.1) is 13.8 Å². The number of hydrogen-bond donors (Lipinski definition) is 0. The predicted molar refractivity (Wildman–Crippen MR) is 118 cm³/mol. The van der Waals surface area contributed by atoms with Crippen molar-refractivity contribution in [1.82, 2.24) is 30.1 Å². The number of anilines is 1. The van der Waals surface area contributed by atoms with Crippen molar-refractivity contribution >= 4 is 62.4 Å². The highest BCUT2D eigenvalue weighted by atomic mass is 35.5. The predicted octanol–water partition coefficient (Wildman–Crippen LogP) is 3.54. The van der Waals surface area contributed by atoms with Crippen molar-refractivity contribution in [2.45, 2.75) is 26.4 Å². The van der Waals surface area contributed by atoms with Gasteiger partial charge in [-0.1, -0.05) is 0 Å².